The summed E-state index contributed by atoms with van der Waals surface area (Å²) < 4.78 is 56.8. The highest BCUT2D eigenvalue weighted by atomic mass is 19.4. The first-order chi connectivity index (χ1) is 15.1. The van der Waals surface area contributed by atoms with Crippen LogP contribution < -0.4 is 10.4 Å². The predicted molar refractivity (Wildman–Crippen MR) is 112 cm³/mol. The average molecular weight is 444 g/mol. The van der Waals surface area contributed by atoms with E-state index in [1.54, 1.807) is 38.1 Å². The fraction of sp³-hybridized carbons (Fsp3) is 0.208. The van der Waals surface area contributed by atoms with Gasteiger partial charge in [0, 0.05) is 16.5 Å². The summed E-state index contributed by atoms with van der Waals surface area (Å²) in [7, 11) is 0. The molecule has 0 amide bonds. The topological polar surface area (TPSA) is 72.8 Å². The molecule has 5 nitrogen and oxygen atoms in total. The van der Waals surface area contributed by atoms with Crippen LogP contribution >= 0.6 is 0 Å². The van der Waals surface area contributed by atoms with Crippen molar-refractivity contribution in [1.82, 2.24) is 0 Å². The van der Waals surface area contributed by atoms with Gasteiger partial charge in [0.05, 0.1) is 11.1 Å². The molecule has 0 aliphatic rings. The van der Waals surface area contributed by atoms with Gasteiger partial charge in [-0.05, 0) is 51.1 Å². The van der Waals surface area contributed by atoms with Crippen LogP contribution in [0.3, 0.4) is 0 Å². The summed E-state index contributed by atoms with van der Waals surface area (Å²) in [5.41, 5.74) is -0.479. The number of rotatable bonds is 4. The van der Waals surface area contributed by atoms with Crippen molar-refractivity contribution in [2.24, 2.45) is 0 Å². The molecule has 0 aliphatic carbocycles. The third-order valence-corrected chi connectivity index (χ3v) is 5.28. The summed E-state index contributed by atoms with van der Waals surface area (Å²) in [5.74, 6) is 0.513. The van der Waals surface area contributed by atoms with Crippen molar-refractivity contribution >= 4 is 11.0 Å². The monoisotopic (exact) mass is 444 g/mol. The zero-order valence-electron chi connectivity index (χ0n) is 17.4. The molecule has 4 rings (SSSR count). The second-order valence-corrected chi connectivity index (χ2v) is 7.47. The second kappa shape index (κ2) is 7.78. The molecule has 0 radical (unpaired) electrons. The molecule has 2 heterocycles. The van der Waals surface area contributed by atoms with Gasteiger partial charge in [-0.2, -0.15) is 13.2 Å². The van der Waals surface area contributed by atoms with Crippen molar-refractivity contribution in [1.29, 1.82) is 0 Å². The summed E-state index contributed by atoms with van der Waals surface area (Å²) in [4.78, 5) is 11.9. The number of halogens is 3. The molecule has 1 atom stereocenters. The van der Waals surface area contributed by atoms with Crippen LogP contribution in [0.1, 0.15) is 35.3 Å². The molecule has 32 heavy (non-hydrogen) atoms. The Balaban J connectivity index is 1.68. The number of fused-ring (bicyclic) bond motifs is 1. The summed E-state index contributed by atoms with van der Waals surface area (Å²) in [6, 6.07) is 11.7. The Kier molecular flexibility index (Phi) is 5.24. The number of hydrogen-bond donors (Lipinski definition) is 1. The minimum atomic E-state index is -4.49. The minimum absolute atomic E-state index is 0.0283. The van der Waals surface area contributed by atoms with E-state index < -0.39 is 23.5 Å². The molecular weight excluding hydrogens is 425 g/mol. The van der Waals surface area contributed by atoms with E-state index in [2.05, 4.69) is 0 Å². The van der Waals surface area contributed by atoms with E-state index in [0.29, 0.717) is 22.3 Å². The lowest BCUT2D eigenvalue weighted by Gasteiger charge is -2.19. The first-order valence-corrected chi connectivity index (χ1v) is 9.76. The molecule has 8 heteroatoms. The first-order valence-electron chi connectivity index (χ1n) is 9.76. The van der Waals surface area contributed by atoms with Gasteiger partial charge in [0.1, 0.15) is 23.2 Å². The zero-order chi connectivity index (χ0) is 23.2. The van der Waals surface area contributed by atoms with E-state index in [1.807, 2.05) is 0 Å². The molecule has 0 fully saturated rings. The number of ether oxygens (including phenoxy) is 1. The first kappa shape index (κ1) is 21.5. The molecule has 0 bridgehead atoms. The number of alkyl halides is 3. The van der Waals surface area contributed by atoms with Crippen molar-refractivity contribution < 1.29 is 31.8 Å². The van der Waals surface area contributed by atoms with Crippen LogP contribution in [0.5, 0.6) is 11.5 Å². The van der Waals surface area contributed by atoms with Gasteiger partial charge in [0.25, 0.3) is 0 Å². The Bertz CT molecular complexity index is 1360. The Morgan fingerprint density at radius 2 is 1.72 bits per heavy atom. The van der Waals surface area contributed by atoms with Gasteiger partial charge in [-0.1, -0.05) is 18.2 Å². The maximum Gasteiger partial charge on any atom is 0.416 e. The van der Waals surface area contributed by atoms with Crippen molar-refractivity contribution in [2.45, 2.75) is 33.1 Å². The van der Waals surface area contributed by atoms with Gasteiger partial charge in [-0.3, -0.25) is 0 Å². The molecule has 4 aromatic rings. The summed E-state index contributed by atoms with van der Waals surface area (Å²) in [5, 5.41) is 10.7. The van der Waals surface area contributed by atoms with Crippen molar-refractivity contribution in [3.8, 4) is 23.0 Å². The zero-order valence-corrected chi connectivity index (χ0v) is 17.4. The summed E-state index contributed by atoms with van der Waals surface area (Å²) >= 11 is 0. The van der Waals surface area contributed by atoms with Crippen LogP contribution in [0.4, 0.5) is 13.2 Å². The van der Waals surface area contributed by atoms with Gasteiger partial charge < -0.3 is 18.7 Å². The maximum absolute atomic E-state index is 13.3. The van der Waals surface area contributed by atoms with E-state index in [-0.39, 0.29) is 28.4 Å². The molecule has 2 aromatic heterocycles. The van der Waals surface area contributed by atoms with Crippen LogP contribution in [-0.4, -0.2) is 5.11 Å². The van der Waals surface area contributed by atoms with E-state index >= 15 is 0 Å². The third-order valence-electron chi connectivity index (χ3n) is 5.28. The smallest absolute Gasteiger partial charge is 0.416 e. The third kappa shape index (κ3) is 3.84. The van der Waals surface area contributed by atoms with Crippen LogP contribution in [0.15, 0.2) is 62.2 Å². The minimum Gasteiger partial charge on any atom is -0.507 e. The molecule has 0 spiro atoms. The molecular formula is C24H19F3O5. The highest BCUT2D eigenvalue weighted by Gasteiger charge is 2.34. The molecule has 1 N–H and O–H groups in total. The molecule has 0 saturated heterocycles. The number of aromatic hydroxyl groups is 1. The second-order valence-electron chi connectivity index (χ2n) is 7.47. The largest absolute Gasteiger partial charge is 0.507 e. The van der Waals surface area contributed by atoms with Crippen molar-refractivity contribution in [3.63, 3.8) is 0 Å². The highest BCUT2D eigenvalue weighted by Crippen LogP contribution is 2.38. The Hall–Kier alpha value is -3.68. The molecule has 0 aliphatic heterocycles. The molecule has 1 unspecified atom stereocenters. The van der Waals surface area contributed by atoms with Gasteiger partial charge in [-0.15, -0.1) is 0 Å². The molecule has 2 aromatic carbocycles. The fourth-order valence-electron chi connectivity index (χ4n) is 3.55. The molecule has 166 valence electrons. The Labute approximate surface area is 180 Å². The van der Waals surface area contributed by atoms with Crippen LogP contribution in [0.25, 0.3) is 22.5 Å². The van der Waals surface area contributed by atoms with E-state index in [9.17, 15) is 23.1 Å². The predicted octanol–water partition coefficient (Wildman–Crippen LogP) is 6.53. The number of benzene rings is 2. The normalized spacial score (nSPS) is 12.8. The van der Waals surface area contributed by atoms with Crippen LogP contribution in [0, 0.1) is 13.8 Å². The quantitative estimate of drug-likeness (QED) is 0.387. The van der Waals surface area contributed by atoms with E-state index in [1.165, 1.54) is 25.1 Å². The molecule has 0 saturated carbocycles. The lowest BCUT2D eigenvalue weighted by molar-refractivity contribution is -0.138. The number of hydrogen-bond acceptors (Lipinski definition) is 5. The summed E-state index contributed by atoms with van der Waals surface area (Å²) in [6.45, 7) is 4.60. The van der Waals surface area contributed by atoms with Crippen molar-refractivity contribution in [2.75, 3.05) is 0 Å². The standard InChI is InChI=1S/C24H19F3O5/c1-12-21(28)13(2)23(29)32-22(12)20-11-15-10-16(8-9-19(15)31-20)30-14(3)17-6-4-5-7-18(17)24(25,26)27/h4-11,14,28H,1-3H3. The maximum atomic E-state index is 13.3. The summed E-state index contributed by atoms with van der Waals surface area (Å²) in [6.07, 6.45) is -5.34. The van der Waals surface area contributed by atoms with Gasteiger partial charge in [0.15, 0.2) is 11.5 Å². The lowest BCUT2D eigenvalue weighted by atomic mass is 10.0. The van der Waals surface area contributed by atoms with Crippen LogP contribution in [0.2, 0.25) is 0 Å². The van der Waals surface area contributed by atoms with Crippen LogP contribution in [-0.2, 0) is 6.18 Å². The van der Waals surface area contributed by atoms with Gasteiger partial charge in [0.2, 0.25) is 0 Å². The van der Waals surface area contributed by atoms with Gasteiger partial charge >= 0.3 is 11.8 Å². The average Bonchev–Trinajstić information content (AvgIpc) is 3.17. The van der Waals surface area contributed by atoms with Crippen molar-refractivity contribution in [3.05, 3.63) is 81.2 Å². The van der Waals surface area contributed by atoms with E-state index in [0.717, 1.165) is 6.07 Å². The highest BCUT2D eigenvalue weighted by molar-refractivity contribution is 5.84. The fourth-order valence-corrected chi connectivity index (χ4v) is 3.55. The lowest BCUT2D eigenvalue weighted by Crippen LogP contribution is -2.13. The SMILES string of the molecule is Cc1c(-c2cc3cc(OC(C)c4ccccc4C(F)(F)F)ccc3o2)oc(=O)c(C)c1O. The van der Waals surface area contributed by atoms with E-state index in [4.69, 9.17) is 13.6 Å². The Morgan fingerprint density at radius 3 is 2.44 bits per heavy atom. The van der Waals surface area contributed by atoms with Gasteiger partial charge in [-0.25, -0.2) is 4.79 Å². The Morgan fingerprint density at radius 1 is 1.00 bits per heavy atom. The number of furan rings is 1.